The van der Waals surface area contributed by atoms with Crippen LogP contribution in [0.1, 0.15) is 27.7 Å². The third kappa shape index (κ3) is 8.24. The third-order valence-electron chi connectivity index (χ3n) is 3.73. The lowest BCUT2D eigenvalue weighted by atomic mass is 10.2. The highest BCUT2D eigenvalue weighted by Crippen LogP contribution is 2.36. The van der Waals surface area contributed by atoms with Gasteiger partial charge in [0.2, 0.25) is 5.91 Å². The predicted molar refractivity (Wildman–Crippen MR) is 130 cm³/mol. The van der Waals surface area contributed by atoms with E-state index in [1.165, 1.54) is 14.0 Å². The van der Waals surface area contributed by atoms with Crippen molar-refractivity contribution in [3.63, 3.8) is 0 Å². The van der Waals surface area contributed by atoms with Crippen molar-refractivity contribution < 1.29 is 23.8 Å². The molecule has 32 heavy (non-hydrogen) atoms. The van der Waals surface area contributed by atoms with Gasteiger partial charge < -0.3 is 30.2 Å². The second-order valence-corrected chi connectivity index (χ2v) is 8.51. The van der Waals surface area contributed by atoms with E-state index in [2.05, 4.69) is 16.0 Å². The summed E-state index contributed by atoms with van der Waals surface area (Å²) in [5.41, 5.74) is 1.18. The summed E-state index contributed by atoms with van der Waals surface area (Å²) < 4.78 is 16.1. The van der Waals surface area contributed by atoms with E-state index in [9.17, 15) is 9.59 Å². The fraction of sp³-hybridized carbons (Fsp3) is 0.318. The van der Waals surface area contributed by atoms with Crippen LogP contribution in [-0.2, 0) is 14.3 Å². The topological polar surface area (TPSA) is 97.9 Å². The molecule has 0 atom stereocenters. The van der Waals surface area contributed by atoms with Gasteiger partial charge in [0.05, 0.1) is 17.8 Å². The number of rotatable bonds is 7. The van der Waals surface area contributed by atoms with Crippen LogP contribution in [0.5, 0.6) is 11.5 Å². The van der Waals surface area contributed by atoms with Gasteiger partial charge in [0.25, 0.3) is 0 Å². The van der Waals surface area contributed by atoms with Crippen LogP contribution < -0.4 is 25.4 Å². The van der Waals surface area contributed by atoms with Crippen LogP contribution in [0.2, 0.25) is 5.02 Å². The van der Waals surface area contributed by atoms with E-state index in [0.29, 0.717) is 33.6 Å². The molecule has 2 aromatic carbocycles. The van der Waals surface area contributed by atoms with Crippen molar-refractivity contribution in [2.45, 2.75) is 33.3 Å². The number of carbonyl (C=O) groups excluding carboxylic acids is 2. The molecule has 0 fully saturated rings. The van der Waals surface area contributed by atoms with Gasteiger partial charge in [-0.1, -0.05) is 11.6 Å². The number of amides is 1. The molecule has 0 saturated heterocycles. The summed E-state index contributed by atoms with van der Waals surface area (Å²) in [6.07, 6.45) is 0. The van der Waals surface area contributed by atoms with Gasteiger partial charge in [0.15, 0.2) is 11.7 Å². The molecular weight excluding hydrogens is 454 g/mol. The number of anilines is 3. The first kappa shape index (κ1) is 25.2. The van der Waals surface area contributed by atoms with E-state index < -0.39 is 11.6 Å². The molecular formula is C22H26ClN3O5S. The van der Waals surface area contributed by atoms with Crippen LogP contribution in [0.15, 0.2) is 36.4 Å². The fourth-order valence-corrected chi connectivity index (χ4v) is 3.01. The number of thiocarbonyl (C=S) groups is 1. The predicted octanol–water partition coefficient (Wildman–Crippen LogP) is 4.84. The molecule has 0 heterocycles. The number of hydrogen-bond acceptors (Lipinski definition) is 6. The molecule has 172 valence electrons. The lowest BCUT2D eigenvalue weighted by Gasteiger charge is -2.20. The molecule has 10 heteroatoms. The van der Waals surface area contributed by atoms with Crippen molar-refractivity contribution in [1.82, 2.24) is 0 Å². The monoisotopic (exact) mass is 479 g/mol. The average Bonchev–Trinajstić information content (AvgIpc) is 2.67. The van der Waals surface area contributed by atoms with Gasteiger partial charge in [-0.15, -0.1) is 0 Å². The van der Waals surface area contributed by atoms with Crippen molar-refractivity contribution in [2.24, 2.45) is 0 Å². The van der Waals surface area contributed by atoms with Crippen molar-refractivity contribution in [3.05, 3.63) is 41.4 Å². The zero-order valence-corrected chi connectivity index (χ0v) is 20.1. The second-order valence-electron chi connectivity index (χ2n) is 7.70. The molecule has 0 saturated carbocycles. The molecule has 3 N–H and O–H groups in total. The van der Waals surface area contributed by atoms with Gasteiger partial charge >= 0.3 is 5.97 Å². The quantitative estimate of drug-likeness (QED) is 0.383. The Bertz CT molecular complexity index is 990. The van der Waals surface area contributed by atoms with Crippen molar-refractivity contribution in [1.29, 1.82) is 0 Å². The normalized spacial score (nSPS) is 10.7. The van der Waals surface area contributed by atoms with Crippen LogP contribution in [0.3, 0.4) is 0 Å². The van der Waals surface area contributed by atoms with E-state index in [-0.39, 0.29) is 17.6 Å². The van der Waals surface area contributed by atoms with E-state index in [4.69, 9.17) is 38.0 Å². The van der Waals surface area contributed by atoms with Gasteiger partial charge in [0, 0.05) is 24.4 Å². The third-order valence-corrected chi connectivity index (χ3v) is 4.23. The maximum Gasteiger partial charge on any atom is 0.344 e. The molecule has 2 rings (SSSR count). The lowest BCUT2D eigenvalue weighted by Crippen LogP contribution is -2.27. The first-order valence-corrected chi connectivity index (χ1v) is 10.4. The van der Waals surface area contributed by atoms with Crippen LogP contribution in [0.4, 0.5) is 17.1 Å². The lowest BCUT2D eigenvalue weighted by molar-refractivity contribution is -0.157. The summed E-state index contributed by atoms with van der Waals surface area (Å²) in [6.45, 7) is 6.46. The molecule has 0 spiro atoms. The maximum atomic E-state index is 12.0. The minimum absolute atomic E-state index is 0.154. The first-order chi connectivity index (χ1) is 15.0. The zero-order valence-electron chi connectivity index (χ0n) is 18.5. The largest absolute Gasteiger partial charge is 0.495 e. The van der Waals surface area contributed by atoms with Gasteiger partial charge in [-0.25, -0.2) is 4.79 Å². The fourth-order valence-electron chi connectivity index (χ4n) is 2.54. The number of carbonyl (C=O) groups is 2. The Balaban J connectivity index is 2.11. The Hall–Kier alpha value is -3.04. The van der Waals surface area contributed by atoms with E-state index in [1.807, 2.05) is 0 Å². The van der Waals surface area contributed by atoms with Crippen molar-refractivity contribution in [3.8, 4) is 11.5 Å². The molecule has 0 unspecified atom stereocenters. The van der Waals surface area contributed by atoms with Crippen molar-refractivity contribution in [2.75, 3.05) is 29.7 Å². The number of hydrogen-bond donors (Lipinski definition) is 3. The standard InChI is InChI=1S/C22H26ClN3O5S/c1-13(27)24-14-6-8-15(9-7-14)25-21(32)26-17-10-16(23)18(29-5)11-19(17)30-12-20(28)31-22(2,3)4/h6-11H,12H2,1-5H3,(H,24,27)(H2,25,26,32). The second kappa shape index (κ2) is 11.0. The molecule has 1 amide bonds. The van der Waals surface area contributed by atoms with Gasteiger partial charge in [0.1, 0.15) is 17.1 Å². The van der Waals surface area contributed by atoms with Crippen LogP contribution >= 0.6 is 23.8 Å². The summed E-state index contributed by atoms with van der Waals surface area (Å²) in [5.74, 6) is 0.0154. The number of benzene rings is 2. The number of esters is 1. The van der Waals surface area contributed by atoms with Crippen molar-refractivity contribution >= 4 is 57.9 Å². The molecule has 0 aliphatic heterocycles. The van der Waals surface area contributed by atoms with Crippen LogP contribution in [-0.4, -0.2) is 36.3 Å². The van der Waals surface area contributed by atoms with Crippen LogP contribution in [0, 0.1) is 0 Å². The Morgan fingerprint density at radius 1 is 1.00 bits per heavy atom. The number of ether oxygens (including phenoxy) is 3. The molecule has 8 nitrogen and oxygen atoms in total. The highest BCUT2D eigenvalue weighted by atomic mass is 35.5. The smallest absolute Gasteiger partial charge is 0.344 e. The van der Waals surface area contributed by atoms with Crippen LogP contribution in [0.25, 0.3) is 0 Å². The summed E-state index contributed by atoms with van der Waals surface area (Å²) >= 11 is 11.6. The molecule has 2 aromatic rings. The summed E-state index contributed by atoms with van der Waals surface area (Å²) in [5, 5.41) is 9.32. The zero-order chi connectivity index (χ0) is 23.9. The minimum atomic E-state index is -0.625. The Labute approximate surface area is 197 Å². The Kier molecular flexibility index (Phi) is 8.68. The van der Waals surface area contributed by atoms with Gasteiger partial charge in [-0.05, 0) is 63.3 Å². The number of nitrogens with one attached hydrogen (secondary N) is 3. The van der Waals surface area contributed by atoms with Gasteiger partial charge in [-0.3, -0.25) is 4.79 Å². The molecule has 0 aliphatic carbocycles. The summed E-state index contributed by atoms with van der Waals surface area (Å²) in [7, 11) is 1.47. The first-order valence-electron chi connectivity index (χ1n) is 9.64. The van der Waals surface area contributed by atoms with Gasteiger partial charge in [-0.2, -0.15) is 0 Å². The number of halogens is 1. The van der Waals surface area contributed by atoms with E-state index in [1.54, 1.807) is 57.2 Å². The Morgan fingerprint density at radius 2 is 1.59 bits per heavy atom. The number of methoxy groups -OCH3 is 1. The highest BCUT2D eigenvalue weighted by molar-refractivity contribution is 7.80. The van der Waals surface area contributed by atoms with E-state index in [0.717, 1.165) is 0 Å². The summed E-state index contributed by atoms with van der Waals surface area (Å²) in [4.78, 5) is 23.2. The SMILES string of the molecule is COc1cc(OCC(=O)OC(C)(C)C)c(NC(=S)Nc2ccc(NC(C)=O)cc2)cc1Cl. The van der Waals surface area contributed by atoms with E-state index >= 15 is 0 Å². The highest BCUT2D eigenvalue weighted by Gasteiger charge is 2.18. The molecule has 0 radical (unpaired) electrons. The molecule has 0 bridgehead atoms. The minimum Gasteiger partial charge on any atom is -0.495 e. The molecule has 0 aromatic heterocycles. The Morgan fingerprint density at radius 3 is 2.12 bits per heavy atom. The summed E-state index contributed by atoms with van der Waals surface area (Å²) in [6, 6.07) is 10.1. The average molecular weight is 480 g/mol. The maximum absolute atomic E-state index is 12.0. The molecule has 0 aliphatic rings.